The van der Waals surface area contributed by atoms with Gasteiger partial charge in [-0.3, -0.25) is 0 Å². The molecule has 2 bridgehead atoms. The lowest BCUT2D eigenvalue weighted by Crippen LogP contribution is -2.45. The van der Waals surface area contributed by atoms with Crippen LogP contribution in [0.25, 0.3) is 0 Å². The molecule has 0 aromatic carbocycles. The third kappa shape index (κ3) is 1.31. The number of hydrogen-bond acceptors (Lipinski definition) is 2. The minimum atomic E-state index is 0.0364. The molecule has 0 aromatic rings. The summed E-state index contributed by atoms with van der Waals surface area (Å²) in [6.07, 6.45) is 7.99. The highest BCUT2D eigenvalue weighted by atomic mass is 16.3. The van der Waals surface area contributed by atoms with Gasteiger partial charge in [-0.15, -0.1) is 0 Å². The van der Waals surface area contributed by atoms with E-state index >= 15 is 0 Å². The summed E-state index contributed by atoms with van der Waals surface area (Å²) in [4.78, 5) is 2.65. The minimum absolute atomic E-state index is 0.0364. The molecule has 0 aromatic heterocycles. The Hall–Kier alpha value is -0.0800. The van der Waals surface area contributed by atoms with E-state index in [-0.39, 0.29) is 6.10 Å². The van der Waals surface area contributed by atoms with E-state index in [0.717, 1.165) is 6.04 Å². The summed E-state index contributed by atoms with van der Waals surface area (Å²) in [5.74, 6) is 1.27. The fourth-order valence-electron chi connectivity index (χ4n) is 3.96. The summed E-state index contributed by atoms with van der Waals surface area (Å²) in [5, 5.41) is 10.1. The van der Waals surface area contributed by atoms with E-state index in [1.54, 1.807) is 0 Å². The van der Waals surface area contributed by atoms with Gasteiger partial charge in [0, 0.05) is 12.0 Å². The number of rotatable bonds is 1. The molecule has 1 N–H and O–H groups in total. The van der Waals surface area contributed by atoms with Crippen molar-refractivity contribution in [2.24, 2.45) is 11.8 Å². The molecule has 1 heterocycles. The molecule has 2 saturated carbocycles. The lowest BCUT2D eigenvalue weighted by molar-refractivity contribution is 0.00634. The highest BCUT2D eigenvalue weighted by Gasteiger charge is 2.45. The average Bonchev–Trinajstić information content (AvgIpc) is 2.76. The van der Waals surface area contributed by atoms with Crippen LogP contribution in [0.15, 0.2) is 0 Å². The number of aliphatic hydroxyl groups is 1. The van der Waals surface area contributed by atoms with Gasteiger partial charge in [0.05, 0.1) is 6.10 Å². The van der Waals surface area contributed by atoms with Crippen LogP contribution in [0.4, 0.5) is 0 Å². The molecule has 0 amide bonds. The number of hydrogen-bond donors (Lipinski definition) is 1. The second kappa shape index (κ2) is 3.49. The van der Waals surface area contributed by atoms with Crippen molar-refractivity contribution >= 4 is 0 Å². The maximum absolute atomic E-state index is 10.1. The zero-order valence-electron chi connectivity index (χ0n) is 8.86. The van der Waals surface area contributed by atoms with Crippen LogP contribution >= 0.6 is 0 Å². The molecule has 3 aliphatic rings. The molecule has 80 valence electrons. The molecule has 0 spiro atoms. The van der Waals surface area contributed by atoms with Crippen molar-refractivity contribution in [3.8, 4) is 0 Å². The summed E-state index contributed by atoms with van der Waals surface area (Å²) in [6, 6.07) is 0.728. The third-order valence-electron chi connectivity index (χ3n) is 4.73. The first kappa shape index (κ1) is 9.17. The van der Waals surface area contributed by atoms with Gasteiger partial charge in [-0.1, -0.05) is 0 Å². The normalized spacial score (nSPS) is 48.6. The predicted molar refractivity (Wildman–Crippen MR) is 56.0 cm³/mol. The van der Waals surface area contributed by atoms with Gasteiger partial charge < -0.3 is 10.0 Å². The Morgan fingerprint density at radius 3 is 2.43 bits per heavy atom. The van der Waals surface area contributed by atoms with Crippen LogP contribution < -0.4 is 0 Å². The fourth-order valence-corrected chi connectivity index (χ4v) is 3.96. The molecule has 0 unspecified atom stereocenters. The summed E-state index contributed by atoms with van der Waals surface area (Å²) in [7, 11) is 0. The van der Waals surface area contributed by atoms with Crippen molar-refractivity contribution in [2.75, 3.05) is 13.1 Å². The Balaban J connectivity index is 1.73. The number of likely N-dealkylation sites (tertiary alicyclic amines) is 1. The molecule has 3 rings (SSSR count). The SMILES string of the molecule is O[C@H]1[C@H]2CC[C@H]1[C@H](N1CCCC1)CC2. The topological polar surface area (TPSA) is 23.5 Å². The number of nitrogens with zero attached hydrogens (tertiary/aromatic N) is 1. The van der Waals surface area contributed by atoms with Crippen LogP contribution in [0, 0.1) is 11.8 Å². The Labute approximate surface area is 86.3 Å². The Bertz CT molecular complexity index is 212. The van der Waals surface area contributed by atoms with E-state index in [2.05, 4.69) is 4.90 Å². The summed E-state index contributed by atoms with van der Waals surface area (Å²) in [5.41, 5.74) is 0. The molecule has 3 fully saturated rings. The Morgan fingerprint density at radius 2 is 1.64 bits per heavy atom. The largest absolute Gasteiger partial charge is 0.392 e. The quantitative estimate of drug-likeness (QED) is 0.687. The van der Waals surface area contributed by atoms with E-state index < -0.39 is 0 Å². The Kier molecular flexibility index (Phi) is 2.29. The fraction of sp³-hybridized carbons (Fsp3) is 1.00. The Morgan fingerprint density at radius 1 is 0.929 bits per heavy atom. The molecule has 1 aliphatic heterocycles. The first-order valence-corrected chi connectivity index (χ1v) is 6.28. The van der Waals surface area contributed by atoms with E-state index in [1.807, 2.05) is 0 Å². The van der Waals surface area contributed by atoms with Crippen LogP contribution in [-0.2, 0) is 0 Å². The summed E-state index contributed by atoms with van der Waals surface area (Å²) in [6.45, 7) is 2.58. The van der Waals surface area contributed by atoms with Gasteiger partial charge in [-0.2, -0.15) is 0 Å². The molecule has 0 radical (unpaired) electrons. The average molecular weight is 195 g/mol. The number of aliphatic hydroxyl groups excluding tert-OH is 1. The summed E-state index contributed by atoms with van der Waals surface area (Å²) >= 11 is 0. The zero-order chi connectivity index (χ0) is 9.54. The molecule has 2 heteroatoms. The molecule has 4 atom stereocenters. The van der Waals surface area contributed by atoms with Crippen LogP contribution in [0.1, 0.15) is 38.5 Å². The molecular weight excluding hydrogens is 174 g/mol. The molecule has 2 aliphatic carbocycles. The van der Waals surface area contributed by atoms with Crippen molar-refractivity contribution in [1.29, 1.82) is 0 Å². The van der Waals surface area contributed by atoms with Crippen molar-refractivity contribution in [3.63, 3.8) is 0 Å². The first-order valence-electron chi connectivity index (χ1n) is 6.28. The van der Waals surface area contributed by atoms with Crippen molar-refractivity contribution in [3.05, 3.63) is 0 Å². The molecule has 1 saturated heterocycles. The zero-order valence-corrected chi connectivity index (χ0v) is 8.86. The second-order valence-electron chi connectivity index (χ2n) is 5.38. The highest BCUT2D eigenvalue weighted by molar-refractivity contribution is 4.98. The van der Waals surface area contributed by atoms with E-state index in [0.29, 0.717) is 11.8 Å². The summed E-state index contributed by atoms with van der Waals surface area (Å²) < 4.78 is 0. The maximum atomic E-state index is 10.1. The monoisotopic (exact) mass is 195 g/mol. The van der Waals surface area contributed by atoms with Gasteiger partial charge in [0.1, 0.15) is 0 Å². The van der Waals surface area contributed by atoms with Gasteiger partial charge >= 0.3 is 0 Å². The lowest BCUT2D eigenvalue weighted by Gasteiger charge is -2.39. The van der Waals surface area contributed by atoms with Crippen molar-refractivity contribution in [1.82, 2.24) is 4.90 Å². The molecule has 14 heavy (non-hydrogen) atoms. The van der Waals surface area contributed by atoms with Gasteiger partial charge in [0.15, 0.2) is 0 Å². The minimum Gasteiger partial charge on any atom is -0.392 e. The molecule has 2 nitrogen and oxygen atoms in total. The second-order valence-corrected chi connectivity index (χ2v) is 5.38. The smallest absolute Gasteiger partial charge is 0.0611 e. The van der Waals surface area contributed by atoms with Gasteiger partial charge in [0.2, 0.25) is 0 Å². The maximum Gasteiger partial charge on any atom is 0.0611 e. The predicted octanol–water partition coefficient (Wildman–Crippen LogP) is 1.63. The lowest BCUT2D eigenvalue weighted by atomic mass is 9.81. The van der Waals surface area contributed by atoms with Crippen LogP contribution in [0.3, 0.4) is 0 Å². The molecular formula is C12H21NO. The van der Waals surface area contributed by atoms with Crippen molar-refractivity contribution in [2.45, 2.75) is 50.7 Å². The number of fused-ring (bicyclic) bond motifs is 2. The van der Waals surface area contributed by atoms with Crippen LogP contribution in [0.2, 0.25) is 0 Å². The first-order chi connectivity index (χ1) is 6.86. The standard InChI is InChI=1S/C12H21NO/c14-12-9-3-5-10(12)11(6-4-9)13-7-1-2-8-13/h9-12,14H,1-8H2/t9-,10-,11+,12-/m0/s1. The van der Waals surface area contributed by atoms with E-state index in [4.69, 9.17) is 0 Å². The van der Waals surface area contributed by atoms with Crippen molar-refractivity contribution < 1.29 is 5.11 Å². The van der Waals surface area contributed by atoms with Gasteiger partial charge in [-0.05, 0) is 57.5 Å². The highest BCUT2D eigenvalue weighted by Crippen LogP contribution is 2.44. The van der Waals surface area contributed by atoms with Crippen LogP contribution in [-0.4, -0.2) is 35.2 Å². The van der Waals surface area contributed by atoms with E-state index in [9.17, 15) is 5.11 Å². The van der Waals surface area contributed by atoms with Crippen LogP contribution in [0.5, 0.6) is 0 Å². The third-order valence-corrected chi connectivity index (χ3v) is 4.73. The van der Waals surface area contributed by atoms with E-state index in [1.165, 1.54) is 51.6 Å². The van der Waals surface area contributed by atoms with Gasteiger partial charge in [-0.25, -0.2) is 0 Å². The van der Waals surface area contributed by atoms with Gasteiger partial charge in [0.25, 0.3) is 0 Å².